The molecule has 0 saturated carbocycles. The van der Waals surface area contributed by atoms with Crippen LogP contribution in [-0.4, -0.2) is 12.3 Å². The molecule has 0 aliphatic heterocycles. The van der Waals surface area contributed by atoms with E-state index in [0.717, 1.165) is 0 Å². The number of rotatable bonds is 33. The molecule has 0 amide bonds. The van der Waals surface area contributed by atoms with Crippen LogP contribution in [0.15, 0.2) is 0 Å². The van der Waals surface area contributed by atoms with Crippen LogP contribution >= 0.6 is 16.5 Å². The first-order valence-corrected chi connectivity index (χ1v) is 22.2. The van der Waals surface area contributed by atoms with Gasteiger partial charge in [0.25, 0.3) is 0 Å². The first kappa shape index (κ1) is 36.9. The van der Waals surface area contributed by atoms with Gasteiger partial charge in [-0.15, -0.1) is 0 Å². The molecular formula is C34H74P2. The van der Waals surface area contributed by atoms with Gasteiger partial charge in [-0.25, -0.2) is 0 Å². The number of hydrogen-bond donors (Lipinski definition) is 0. The molecule has 0 aromatic heterocycles. The van der Waals surface area contributed by atoms with Crippen LogP contribution in [0.2, 0.25) is 0 Å². The summed E-state index contributed by atoms with van der Waals surface area (Å²) >= 11 is 0. The Balaban J connectivity index is 3.00. The molecule has 0 N–H and O–H groups in total. The van der Waals surface area contributed by atoms with Crippen LogP contribution in [0.1, 0.15) is 206 Å². The molecule has 0 spiro atoms. The second-order valence-corrected chi connectivity index (χ2v) is 17.2. The third-order valence-electron chi connectivity index (χ3n) is 8.16. The zero-order chi connectivity index (χ0) is 26.0. The van der Waals surface area contributed by atoms with Gasteiger partial charge in [0.1, 0.15) is 0 Å². The molecule has 0 heterocycles. The first-order valence-electron chi connectivity index (χ1n) is 17.6. The Labute approximate surface area is 235 Å². The average Bonchev–Trinajstić information content (AvgIpc) is 2.89. The first-order chi connectivity index (χ1) is 17.9. The summed E-state index contributed by atoms with van der Waals surface area (Å²) in [6.07, 6.45) is 48.0. The molecule has 0 aromatic carbocycles. The second-order valence-electron chi connectivity index (χ2n) is 12.0. The van der Waals surface area contributed by atoms with E-state index in [0.29, 0.717) is 8.27 Å². The summed E-state index contributed by atoms with van der Waals surface area (Å²) in [5.74, 6) is 0. The minimum atomic E-state index is 0.311. The summed E-state index contributed by atoms with van der Waals surface area (Å²) in [6, 6.07) is 0. The van der Waals surface area contributed by atoms with Crippen LogP contribution in [0.4, 0.5) is 0 Å². The number of hydrogen-bond acceptors (Lipinski definition) is 0. The average molecular weight is 545 g/mol. The van der Waals surface area contributed by atoms with Gasteiger partial charge in [-0.05, 0) is 0 Å². The Morgan fingerprint density at radius 1 is 0.306 bits per heavy atom. The van der Waals surface area contributed by atoms with Crippen molar-refractivity contribution in [3.05, 3.63) is 0 Å². The van der Waals surface area contributed by atoms with Gasteiger partial charge in [-0.2, -0.15) is 0 Å². The van der Waals surface area contributed by atoms with Crippen LogP contribution in [0.3, 0.4) is 0 Å². The van der Waals surface area contributed by atoms with Crippen molar-refractivity contribution in [2.24, 2.45) is 0 Å². The maximum absolute atomic E-state index is 2.31. The molecule has 1 atom stereocenters. The van der Waals surface area contributed by atoms with E-state index in [9.17, 15) is 0 Å². The van der Waals surface area contributed by atoms with E-state index in [2.05, 4.69) is 13.8 Å². The number of unbranched alkanes of at least 4 members (excludes halogenated alkanes) is 28. The van der Waals surface area contributed by atoms with Gasteiger partial charge in [0.05, 0.1) is 0 Å². The molecule has 0 radical (unpaired) electrons. The van der Waals surface area contributed by atoms with Crippen LogP contribution in [-0.2, 0) is 0 Å². The van der Waals surface area contributed by atoms with E-state index >= 15 is 0 Å². The molecule has 0 saturated heterocycles. The van der Waals surface area contributed by atoms with Gasteiger partial charge in [0.15, 0.2) is 0 Å². The Bertz CT molecular complexity index is 323. The molecule has 0 aliphatic rings. The van der Waals surface area contributed by atoms with Crippen LogP contribution in [0.25, 0.3) is 0 Å². The van der Waals surface area contributed by atoms with Gasteiger partial charge >= 0.3 is 164 Å². The van der Waals surface area contributed by atoms with E-state index in [1.54, 1.807) is 25.2 Å². The van der Waals surface area contributed by atoms with E-state index in [1.165, 1.54) is 188 Å². The van der Waals surface area contributed by atoms with E-state index in [1.807, 2.05) is 0 Å². The monoisotopic (exact) mass is 545 g/mol. The normalized spacial score (nSPS) is 11.9. The quantitative estimate of drug-likeness (QED) is 0.0569. The molecule has 36 heavy (non-hydrogen) atoms. The molecule has 0 aromatic rings. The van der Waals surface area contributed by atoms with Crippen LogP contribution in [0, 0.1) is 0 Å². The standard InChI is InChI=1S/C34H74P2/c1-3-5-7-9-11-13-15-17-19-21-23-25-27-29-31-33-35-36-34-32-30-28-26-24-22-20-18-16-14-12-10-8-6-4-2/h35H,3-34H2,1-2,36H3. The van der Waals surface area contributed by atoms with Crippen LogP contribution < -0.4 is 0 Å². The van der Waals surface area contributed by atoms with Gasteiger partial charge in [0, 0.05) is 0 Å². The summed E-state index contributed by atoms with van der Waals surface area (Å²) in [4.78, 5) is 0. The zero-order valence-corrected chi connectivity index (χ0v) is 28.2. The smallest absolute Gasteiger partial charge is 0.0654 e. The second kappa shape index (κ2) is 35.9. The van der Waals surface area contributed by atoms with Crippen molar-refractivity contribution in [1.82, 2.24) is 0 Å². The SMILES string of the molecule is CCCCCCCCCCCCCCCCCP[PH3]CCCCCCCCCCCCCCCCC. The summed E-state index contributed by atoms with van der Waals surface area (Å²) in [6.45, 7) is 4.62. The summed E-state index contributed by atoms with van der Waals surface area (Å²) in [7, 11) is 1.70. The van der Waals surface area contributed by atoms with Gasteiger partial charge in [0.2, 0.25) is 0 Å². The third-order valence-corrected chi connectivity index (χ3v) is 13.3. The molecule has 2 heteroatoms. The van der Waals surface area contributed by atoms with Crippen molar-refractivity contribution in [2.75, 3.05) is 12.3 Å². The molecule has 0 bridgehead atoms. The van der Waals surface area contributed by atoms with E-state index in [-0.39, 0.29) is 0 Å². The van der Waals surface area contributed by atoms with Crippen molar-refractivity contribution in [2.45, 2.75) is 206 Å². The topological polar surface area (TPSA) is 0 Å². The molecule has 0 rings (SSSR count). The van der Waals surface area contributed by atoms with Gasteiger partial charge in [-0.3, -0.25) is 0 Å². The van der Waals surface area contributed by atoms with E-state index in [4.69, 9.17) is 0 Å². The zero-order valence-electron chi connectivity index (χ0n) is 25.8. The Kier molecular flexibility index (Phi) is 36.7. The van der Waals surface area contributed by atoms with Crippen molar-refractivity contribution in [3.63, 3.8) is 0 Å². The molecule has 220 valence electrons. The minimum absolute atomic E-state index is 0.311. The van der Waals surface area contributed by atoms with Crippen molar-refractivity contribution in [3.8, 4) is 0 Å². The predicted octanol–water partition coefficient (Wildman–Crippen LogP) is 13.5. The fourth-order valence-electron chi connectivity index (χ4n) is 5.54. The van der Waals surface area contributed by atoms with Crippen molar-refractivity contribution in [1.29, 1.82) is 0 Å². The summed E-state index contributed by atoms with van der Waals surface area (Å²) in [5.41, 5.74) is 0. The molecule has 0 aliphatic carbocycles. The maximum atomic E-state index is 2.31. The molecule has 1 unspecified atom stereocenters. The predicted molar refractivity (Wildman–Crippen MR) is 179 cm³/mol. The minimum Gasteiger partial charge on any atom is -0.0654 e. The van der Waals surface area contributed by atoms with Crippen molar-refractivity contribution < 1.29 is 0 Å². The van der Waals surface area contributed by atoms with Gasteiger partial charge < -0.3 is 0 Å². The van der Waals surface area contributed by atoms with Gasteiger partial charge in [-0.1, -0.05) is 71.6 Å². The fraction of sp³-hybridized carbons (Fsp3) is 1.00. The molecule has 0 nitrogen and oxygen atoms in total. The Hall–Kier alpha value is 0.860. The summed E-state index contributed by atoms with van der Waals surface area (Å²) in [5, 5.41) is 0. The van der Waals surface area contributed by atoms with Crippen LogP contribution in [0.5, 0.6) is 0 Å². The molecular weight excluding hydrogens is 470 g/mol. The Morgan fingerprint density at radius 2 is 0.556 bits per heavy atom. The van der Waals surface area contributed by atoms with E-state index < -0.39 is 0 Å². The third kappa shape index (κ3) is 34.9. The summed E-state index contributed by atoms with van der Waals surface area (Å²) < 4.78 is 0. The fourth-order valence-corrected chi connectivity index (χ4v) is 10.1. The Morgan fingerprint density at radius 3 is 0.861 bits per heavy atom. The molecule has 0 fully saturated rings. The van der Waals surface area contributed by atoms with Crippen molar-refractivity contribution >= 4 is 16.5 Å².